The second kappa shape index (κ2) is 60.2. The Labute approximate surface area is 438 Å². The van der Waals surface area contributed by atoms with Gasteiger partial charge in [0.05, 0.1) is 25.4 Å². The zero-order valence-electron chi connectivity index (χ0n) is 47.5. The maximum absolute atomic E-state index is 12.5. The van der Waals surface area contributed by atoms with Crippen LogP contribution in [0.5, 0.6) is 0 Å². The van der Waals surface area contributed by atoms with Crippen LogP contribution in [-0.4, -0.2) is 47.4 Å². The largest absolute Gasteiger partial charge is 0.466 e. The van der Waals surface area contributed by atoms with Crippen molar-refractivity contribution in [3.8, 4) is 0 Å². The smallest absolute Gasteiger partial charge is 0.305 e. The number of carbonyl (C=O) groups excluding carboxylic acids is 2. The van der Waals surface area contributed by atoms with Crippen molar-refractivity contribution < 1.29 is 24.5 Å². The first kappa shape index (κ1) is 68.6. The van der Waals surface area contributed by atoms with Crippen molar-refractivity contribution in [2.24, 2.45) is 0 Å². The molecule has 0 aliphatic heterocycles. The van der Waals surface area contributed by atoms with E-state index in [1.807, 2.05) is 0 Å². The SMILES string of the molecule is CCCC/C=C\CCCCCCCC(=O)OCCCCCCCCCCCCCCCCCCCCCCCCCCCCCCCCC(=O)NC(CO)C(O)CCCCCCCCCCCCCC. The van der Waals surface area contributed by atoms with Crippen LogP contribution in [-0.2, 0) is 14.3 Å². The molecule has 0 heterocycles. The fourth-order valence-electron chi connectivity index (χ4n) is 10.2. The van der Waals surface area contributed by atoms with E-state index in [1.54, 1.807) is 0 Å². The Kier molecular flexibility index (Phi) is 59.0. The zero-order valence-corrected chi connectivity index (χ0v) is 47.5. The van der Waals surface area contributed by atoms with Crippen molar-refractivity contribution in [1.82, 2.24) is 5.32 Å². The number of rotatable bonds is 60. The van der Waals surface area contributed by atoms with E-state index in [9.17, 15) is 19.8 Å². The van der Waals surface area contributed by atoms with Gasteiger partial charge in [-0.15, -0.1) is 0 Å². The lowest BCUT2D eigenvalue weighted by molar-refractivity contribution is -0.143. The molecule has 0 aliphatic carbocycles. The van der Waals surface area contributed by atoms with E-state index in [-0.39, 0.29) is 18.5 Å². The summed E-state index contributed by atoms with van der Waals surface area (Å²) in [6, 6.07) is -0.536. The van der Waals surface area contributed by atoms with Crippen molar-refractivity contribution in [2.75, 3.05) is 13.2 Å². The Morgan fingerprint density at radius 1 is 0.386 bits per heavy atom. The van der Waals surface area contributed by atoms with Crippen LogP contribution in [0.2, 0.25) is 0 Å². The van der Waals surface area contributed by atoms with E-state index in [0.717, 1.165) is 44.9 Å². The van der Waals surface area contributed by atoms with Crippen LogP contribution in [0.1, 0.15) is 361 Å². The number of allylic oxidation sites excluding steroid dienone is 2. The van der Waals surface area contributed by atoms with Gasteiger partial charge in [0.1, 0.15) is 0 Å². The summed E-state index contributed by atoms with van der Waals surface area (Å²) in [5, 5.41) is 23.2. The van der Waals surface area contributed by atoms with Gasteiger partial charge in [0, 0.05) is 12.8 Å². The molecule has 0 saturated heterocycles. The Morgan fingerprint density at radius 3 is 1.06 bits per heavy atom. The summed E-state index contributed by atoms with van der Waals surface area (Å²) in [6.45, 7) is 4.93. The van der Waals surface area contributed by atoms with Gasteiger partial charge in [-0.25, -0.2) is 0 Å². The van der Waals surface area contributed by atoms with E-state index in [2.05, 4.69) is 31.3 Å². The first-order chi connectivity index (χ1) is 34.5. The third-order valence-corrected chi connectivity index (χ3v) is 15.1. The molecule has 0 aromatic heterocycles. The van der Waals surface area contributed by atoms with E-state index in [1.165, 1.54) is 283 Å². The van der Waals surface area contributed by atoms with Gasteiger partial charge in [-0.05, 0) is 44.9 Å². The third-order valence-electron chi connectivity index (χ3n) is 15.1. The number of esters is 1. The molecule has 1 amide bonds. The second-order valence-electron chi connectivity index (χ2n) is 22.1. The molecule has 70 heavy (non-hydrogen) atoms. The first-order valence-corrected chi connectivity index (χ1v) is 31.9. The molecule has 3 N–H and O–H groups in total. The van der Waals surface area contributed by atoms with Crippen molar-refractivity contribution in [3.63, 3.8) is 0 Å². The average molecular weight is 989 g/mol. The first-order valence-electron chi connectivity index (χ1n) is 31.9. The molecule has 0 spiro atoms. The van der Waals surface area contributed by atoms with E-state index < -0.39 is 12.1 Å². The summed E-state index contributed by atoms with van der Waals surface area (Å²) in [5.74, 6) is -0.0203. The molecule has 0 radical (unpaired) electrons. The predicted octanol–water partition coefficient (Wildman–Crippen LogP) is 20.0. The van der Waals surface area contributed by atoms with Gasteiger partial charge < -0.3 is 20.3 Å². The molecule has 0 saturated carbocycles. The normalized spacial score (nSPS) is 12.6. The molecule has 0 rings (SSSR count). The highest BCUT2D eigenvalue weighted by atomic mass is 16.5. The van der Waals surface area contributed by atoms with Crippen molar-refractivity contribution in [1.29, 1.82) is 0 Å². The Bertz CT molecular complexity index is 1050. The highest BCUT2D eigenvalue weighted by molar-refractivity contribution is 5.76. The molecule has 0 fully saturated rings. The van der Waals surface area contributed by atoms with Gasteiger partial charge in [0.25, 0.3) is 0 Å². The van der Waals surface area contributed by atoms with Crippen LogP contribution < -0.4 is 5.32 Å². The summed E-state index contributed by atoms with van der Waals surface area (Å²) in [6.07, 6.45) is 72.5. The van der Waals surface area contributed by atoms with Crippen LogP contribution in [0.15, 0.2) is 12.2 Å². The maximum atomic E-state index is 12.5. The minimum Gasteiger partial charge on any atom is -0.466 e. The number of hydrogen-bond donors (Lipinski definition) is 3. The number of carbonyl (C=O) groups is 2. The molecular formula is C64H125NO5. The van der Waals surface area contributed by atoms with Crippen LogP contribution >= 0.6 is 0 Å². The Morgan fingerprint density at radius 2 is 0.686 bits per heavy atom. The molecule has 0 aromatic carbocycles. The molecule has 6 nitrogen and oxygen atoms in total. The number of aliphatic hydroxyl groups excluding tert-OH is 2. The van der Waals surface area contributed by atoms with Gasteiger partial charge >= 0.3 is 5.97 Å². The van der Waals surface area contributed by atoms with Crippen molar-refractivity contribution >= 4 is 11.9 Å². The van der Waals surface area contributed by atoms with Gasteiger partial charge in [0.15, 0.2) is 0 Å². The summed E-state index contributed by atoms with van der Waals surface area (Å²) in [5.41, 5.74) is 0. The van der Waals surface area contributed by atoms with Gasteiger partial charge in [-0.2, -0.15) is 0 Å². The van der Waals surface area contributed by atoms with Crippen LogP contribution in [0.4, 0.5) is 0 Å². The highest BCUT2D eigenvalue weighted by Crippen LogP contribution is 2.19. The number of unbranched alkanes of at least 4 members (excludes halogenated alkanes) is 47. The van der Waals surface area contributed by atoms with E-state index >= 15 is 0 Å². The standard InChI is InChI=1S/C64H125NO5/c1-3-5-7-9-11-13-15-37-40-44-48-52-56-62(67)61(60-66)65-63(68)57-53-49-45-41-38-34-32-30-28-26-24-22-20-18-16-17-19-21-23-25-27-29-31-33-35-39-43-47-51-55-59-70-64(69)58-54-50-46-42-36-14-12-10-8-6-4-2/h10,12,61-62,66-67H,3-9,11,13-60H2,1-2H3,(H,65,68)/b12-10-. The van der Waals surface area contributed by atoms with E-state index in [0.29, 0.717) is 25.9 Å². The molecule has 6 heteroatoms. The topological polar surface area (TPSA) is 95.9 Å². The molecule has 0 aliphatic rings. The lowest BCUT2D eigenvalue weighted by Gasteiger charge is -2.22. The van der Waals surface area contributed by atoms with Crippen molar-refractivity contribution in [2.45, 2.75) is 373 Å². The summed E-state index contributed by atoms with van der Waals surface area (Å²) in [4.78, 5) is 24.5. The van der Waals surface area contributed by atoms with Crippen LogP contribution in [0, 0.1) is 0 Å². The zero-order chi connectivity index (χ0) is 50.7. The van der Waals surface area contributed by atoms with Crippen LogP contribution in [0.25, 0.3) is 0 Å². The summed E-state index contributed by atoms with van der Waals surface area (Å²) in [7, 11) is 0. The number of amides is 1. The lowest BCUT2D eigenvalue weighted by Crippen LogP contribution is -2.45. The average Bonchev–Trinajstić information content (AvgIpc) is 3.36. The number of ether oxygens (including phenoxy) is 1. The Hall–Kier alpha value is -1.40. The summed E-state index contributed by atoms with van der Waals surface area (Å²) < 4.78 is 5.46. The van der Waals surface area contributed by atoms with Gasteiger partial charge in [-0.1, -0.05) is 315 Å². The molecular weight excluding hydrogens is 863 g/mol. The number of aliphatic hydroxyl groups is 2. The second-order valence-corrected chi connectivity index (χ2v) is 22.1. The number of hydrogen-bond acceptors (Lipinski definition) is 5. The minimum absolute atomic E-state index is 0.00937. The molecule has 416 valence electrons. The maximum Gasteiger partial charge on any atom is 0.305 e. The molecule has 2 atom stereocenters. The van der Waals surface area contributed by atoms with E-state index in [4.69, 9.17) is 4.74 Å². The monoisotopic (exact) mass is 988 g/mol. The van der Waals surface area contributed by atoms with Gasteiger partial charge in [-0.3, -0.25) is 9.59 Å². The molecule has 0 aromatic rings. The fourth-order valence-corrected chi connectivity index (χ4v) is 10.2. The van der Waals surface area contributed by atoms with Crippen LogP contribution in [0.3, 0.4) is 0 Å². The summed E-state index contributed by atoms with van der Waals surface area (Å²) >= 11 is 0. The minimum atomic E-state index is -0.659. The highest BCUT2D eigenvalue weighted by Gasteiger charge is 2.20. The van der Waals surface area contributed by atoms with Gasteiger partial charge in [0.2, 0.25) is 5.91 Å². The third kappa shape index (κ3) is 55.9. The number of nitrogens with one attached hydrogen (secondary N) is 1. The van der Waals surface area contributed by atoms with Crippen molar-refractivity contribution in [3.05, 3.63) is 12.2 Å². The Balaban J connectivity index is 3.31. The predicted molar refractivity (Wildman–Crippen MR) is 306 cm³/mol. The molecule has 0 bridgehead atoms. The molecule has 2 unspecified atom stereocenters. The quantitative estimate of drug-likeness (QED) is 0.0321. The lowest BCUT2D eigenvalue weighted by atomic mass is 10.0. The fraction of sp³-hybridized carbons (Fsp3) is 0.938.